The molecule has 17 aromatic rings. The van der Waals surface area contributed by atoms with Crippen molar-refractivity contribution in [2.45, 2.75) is 186 Å². The van der Waals surface area contributed by atoms with Crippen molar-refractivity contribution in [2.75, 3.05) is 59.6 Å². The molecular formula is C133H150B4N12+4. The lowest BCUT2D eigenvalue weighted by Crippen LogP contribution is -2.58. The molecule has 0 atom stereocenters. The summed E-state index contributed by atoms with van der Waals surface area (Å²) in [5.74, 6) is 5.68. The average molecular weight is 1960 g/mol. The van der Waals surface area contributed by atoms with E-state index in [0.29, 0.717) is 11.8 Å². The van der Waals surface area contributed by atoms with Gasteiger partial charge < -0.3 is 19.2 Å². The molecule has 0 saturated carbocycles. The molecule has 0 radical (unpaired) electrons. The molecular weight excluding hydrogens is 1810 g/mol. The number of aryl methyl sites for hydroxylation is 10. The number of pyridine rings is 4. The van der Waals surface area contributed by atoms with Crippen molar-refractivity contribution in [3.8, 4) is 44.5 Å². The highest BCUT2D eigenvalue weighted by Crippen LogP contribution is 2.53. The minimum Gasteiger partial charge on any atom is -0.369 e. The summed E-state index contributed by atoms with van der Waals surface area (Å²) < 4.78 is 9.08. The van der Waals surface area contributed by atoms with Crippen LogP contribution in [-0.4, -0.2) is 49.1 Å². The van der Waals surface area contributed by atoms with Gasteiger partial charge in [-0.05, 0) is 268 Å². The summed E-state index contributed by atoms with van der Waals surface area (Å²) in [5, 5.41) is 0. The summed E-state index contributed by atoms with van der Waals surface area (Å²) in [7, 11) is 15.4. The van der Waals surface area contributed by atoms with Crippen LogP contribution in [0.1, 0.15) is 189 Å². The molecule has 4 aliphatic rings. The predicted molar refractivity (Wildman–Crippen MR) is 639 cm³/mol. The van der Waals surface area contributed by atoms with Crippen molar-refractivity contribution in [1.29, 1.82) is 0 Å². The number of nitrogens with zero attached hydrogens (tertiary/aromatic N) is 12. The van der Waals surface area contributed by atoms with Crippen LogP contribution in [0.3, 0.4) is 0 Å². The number of benzene rings is 13. The fourth-order valence-electron chi connectivity index (χ4n) is 22.9. The van der Waals surface area contributed by atoms with Crippen LogP contribution in [0.5, 0.6) is 0 Å². The van der Waals surface area contributed by atoms with Gasteiger partial charge in [-0.25, -0.2) is 18.3 Å². The second kappa shape index (κ2) is 42.0. The first-order chi connectivity index (χ1) is 71.1. The Morgan fingerprint density at radius 3 is 0.738 bits per heavy atom. The fraction of sp³-hybridized carbons (Fsp3) is 0.263. The van der Waals surface area contributed by atoms with Crippen molar-refractivity contribution < 1.29 is 18.3 Å². The third kappa shape index (κ3) is 20.1. The number of fused-ring (bicyclic) bond motifs is 4. The van der Waals surface area contributed by atoms with Crippen molar-refractivity contribution in [3.63, 3.8) is 0 Å². The summed E-state index contributed by atoms with van der Waals surface area (Å²) in [4.78, 5) is 20.2. The number of hydrogen-bond donors (Lipinski definition) is 0. The van der Waals surface area contributed by atoms with Gasteiger partial charge in [-0.15, -0.1) is 0 Å². The largest absolute Gasteiger partial charge is 0.543 e. The van der Waals surface area contributed by atoms with E-state index in [9.17, 15) is 0 Å². The zero-order valence-corrected chi connectivity index (χ0v) is 93.5. The maximum absolute atomic E-state index is 2.59. The topological polar surface area (TPSA) is 41.4 Å². The number of anilines is 13. The summed E-state index contributed by atoms with van der Waals surface area (Å²) in [5.41, 5.74) is 42.7. The van der Waals surface area contributed by atoms with Crippen molar-refractivity contribution >= 4 is 124 Å². The number of rotatable bonds is 15. The highest BCUT2D eigenvalue weighted by atomic mass is 15.4. The molecule has 149 heavy (non-hydrogen) atoms. The van der Waals surface area contributed by atoms with E-state index < -0.39 is 0 Å². The molecule has 750 valence electrons. The normalized spacial score (nSPS) is 13.4. The van der Waals surface area contributed by atoms with E-state index >= 15 is 0 Å². The lowest BCUT2D eigenvalue weighted by molar-refractivity contribution is -0.658. The molecule has 0 N–H and O–H groups in total. The number of para-hydroxylation sites is 5. The SMILES string of the molecule is Cc1cccc(C)c1B1N(C)c2cccc(C)c2N1c1cc(C(C)(C)C)cc[n+]1C.Cc1cccc2c1N(c1cc(C(C)(C)C)cc[n+]1C)B(c1c(-c3ccccc3)cccc1-c1ccccc1)N2C.Cc1cccc2c1N(c1cc(C(C)(C)C)cc[n+]1C)B(c1c(-c3ccccc3)cccc1-c1ccccc1)N2c1ccccc1.Cc1cccc2c1N(c1cc(C(C)(C)C)cc[n+]1C)B(c1c(C(C)C)cccc1C(C)C)N2C. The molecule has 0 amide bonds. The quantitative estimate of drug-likeness (QED) is 0.0743. The molecule has 0 unspecified atom stereocenters. The van der Waals surface area contributed by atoms with Crippen LogP contribution in [0.4, 0.5) is 74.5 Å². The van der Waals surface area contributed by atoms with Gasteiger partial charge in [0.25, 0.3) is 23.3 Å². The Hall–Kier alpha value is -14.9. The van der Waals surface area contributed by atoms with E-state index in [2.05, 4.69) is 629 Å². The standard InChI is InChI=1S/C41H39BN3.C36H37BN3.C30H41BN3.C26H33BN3/c1-30-17-15-26-37-40(30)45(38-29-33(41(2,3)4)27-28-43(38)5)42(44(37)34-22-13-8-14-23-34)39-35(31-18-9-6-10-19-31)24-16-25-36(39)32-20-11-7-12-21-32;1-26-15-13-22-32-35(26)40(33-25-29(36(2,3)4)23-24-38(33)5)37(39(32)6)34-30(27-16-9-7-10-17-27)20-14-21-31(34)28-18-11-8-12-19-28;1-20(2)24-14-12-15-25(21(3)4)28(24)31-33(10)26-16-11-13-22(5)29(26)34(31)27-19-23(30(6,7)8)17-18-32(27)9;1-18-11-9-12-19(2)24(18)27-29(8)22-14-10-13-20(3)25(22)30(27)23-17-21(26(4,5)6)15-16-28(23)7/h6-29H,1-5H3;7-25H,1-6H3;11-21H,1-10H3;9-17H,1-8H3/q4*+1. The van der Waals surface area contributed by atoms with Gasteiger partial charge in [-0.2, -0.15) is 0 Å². The van der Waals surface area contributed by atoms with Crippen LogP contribution in [0.25, 0.3) is 44.5 Å². The molecule has 4 aliphatic heterocycles. The van der Waals surface area contributed by atoms with Crippen LogP contribution < -0.4 is 78.6 Å². The van der Waals surface area contributed by atoms with Gasteiger partial charge in [0.1, 0.15) is 22.7 Å². The van der Waals surface area contributed by atoms with Crippen LogP contribution in [0, 0.1) is 41.5 Å². The van der Waals surface area contributed by atoms with Gasteiger partial charge >= 0.3 is 27.9 Å². The Kier molecular flexibility index (Phi) is 29.4. The monoisotopic (exact) mass is 1960 g/mol. The smallest absolute Gasteiger partial charge is 0.369 e. The van der Waals surface area contributed by atoms with Crippen LogP contribution in [0.2, 0.25) is 0 Å². The number of aromatic nitrogens is 4. The van der Waals surface area contributed by atoms with E-state index in [1.54, 1.807) is 0 Å². The average Bonchev–Trinajstić information content (AvgIpc) is 1.58. The maximum atomic E-state index is 2.59. The third-order valence-corrected chi connectivity index (χ3v) is 31.1. The lowest BCUT2D eigenvalue weighted by atomic mass is 9.59. The van der Waals surface area contributed by atoms with Crippen molar-refractivity contribution in [3.05, 3.63) is 437 Å². The molecule has 16 heteroatoms. The molecule has 0 bridgehead atoms. The van der Waals surface area contributed by atoms with Gasteiger partial charge in [0, 0.05) is 51.8 Å². The molecule has 12 nitrogen and oxygen atoms in total. The predicted octanol–water partition coefficient (Wildman–Crippen LogP) is 27.6. The molecule has 0 saturated heterocycles. The van der Waals surface area contributed by atoms with E-state index in [0.717, 1.165) is 11.5 Å². The molecule has 8 heterocycles. The van der Waals surface area contributed by atoms with Crippen LogP contribution in [0.15, 0.2) is 371 Å². The maximum Gasteiger partial charge on any atom is 0.543 e. The first-order valence-electron chi connectivity index (χ1n) is 53.4. The zero-order valence-electron chi connectivity index (χ0n) is 93.5. The van der Waals surface area contributed by atoms with E-state index in [1.165, 1.54) is 196 Å². The molecule has 13 aromatic carbocycles. The lowest BCUT2D eigenvalue weighted by Gasteiger charge is -2.29. The van der Waals surface area contributed by atoms with Gasteiger partial charge in [-0.3, -0.25) is 19.2 Å². The first kappa shape index (κ1) is 104. The zero-order chi connectivity index (χ0) is 106. The molecule has 0 fully saturated rings. The van der Waals surface area contributed by atoms with Gasteiger partial charge in [0.2, 0.25) is 0 Å². The Morgan fingerprint density at radius 2 is 0.450 bits per heavy atom. The minimum atomic E-state index is -0.170. The van der Waals surface area contributed by atoms with E-state index in [4.69, 9.17) is 0 Å². The Labute approximate surface area is 891 Å². The second-order valence-electron chi connectivity index (χ2n) is 46.3. The summed E-state index contributed by atoms with van der Waals surface area (Å²) in [6.07, 6.45) is 8.86. The van der Waals surface area contributed by atoms with Crippen molar-refractivity contribution in [1.82, 2.24) is 0 Å². The van der Waals surface area contributed by atoms with Crippen LogP contribution in [-0.2, 0) is 49.9 Å². The molecule has 0 spiro atoms. The molecule has 21 rings (SSSR count). The Morgan fingerprint density at radius 1 is 0.221 bits per heavy atom. The van der Waals surface area contributed by atoms with Gasteiger partial charge in [-0.1, -0.05) is 372 Å². The van der Waals surface area contributed by atoms with Gasteiger partial charge in [0.05, 0.1) is 75.7 Å². The fourth-order valence-corrected chi connectivity index (χ4v) is 22.9. The highest BCUT2D eigenvalue weighted by Gasteiger charge is 2.58. The molecule has 0 aliphatic carbocycles. The van der Waals surface area contributed by atoms with Crippen LogP contribution >= 0.6 is 0 Å². The van der Waals surface area contributed by atoms with Gasteiger partial charge in [0.15, 0.2) is 0 Å². The molecule has 4 aromatic heterocycles. The summed E-state index contributed by atoms with van der Waals surface area (Å²) in [6, 6.07) is 127. The highest BCUT2D eigenvalue weighted by molar-refractivity contribution is 6.87. The first-order valence-corrected chi connectivity index (χ1v) is 53.4. The van der Waals surface area contributed by atoms with Crippen molar-refractivity contribution in [2.24, 2.45) is 28.2 Å². The minimum absolute atomic E-state index is 0.00303. The summed E-state index contributed by atoms with van der Waals surface area (Å²) >= 11 is 0. The Balaban J connectivity index is 0.000000131. The number of hydrogen-bond acceptors (Lipinski definition) is 8. The van der Waals surface area contributed by atoms with E-state index in [1.807, 2.05) is 0 Å². The second-order valence-corrected chi connectivity index (χ2v) is 46.3. The summed E-state index contributed by atoms with van der Waals surface area (Å²) in [6.45, 7) is 50.1. The Bertz CT molecular complexity index is 7600. The third-order valence-electron chi connectivity index (χ3n) is 31.1. The van der Waals surface area contributed by atoms with E-state index in [-0.39, 0.29) is 49.6 Å².